The van der Waals surface area contributed by atoms with E-state index in [9.17, 15) is 9.59 Å². The number of carbonyl (C=O) groups excluding carboxylic acids is 2. The normalized spacial score (nSPS) is 12.2. The third-order valence-corrected chi connectivity index (χ3v) is 7.80. The van der Waals surface area contributed by atoms with Gasteiger partial charge in [0.05, 0.1) is 6.61 Å². The van der Waals surface area contributed by atoms with Crippen molar-refractivity contribution in [3.63, 3.8) is 0 Å². The number of allylic oxidation sites excluding steroid dienone is 2. The third kappa shape index (κ3) is 31.6. The van der Waals surface area contributed by atoms with Crippen LogP contribution in [0.25, 0.3) is 0 Å². The molecule has 0 fully saturated rings. The Morgan fingerprint density at radius 3 is 1.52 bits per heavy atom. The average molecular weight is 595 g/mol. The molecule has 0 spiro atoms. The lowest BCUT2D eigenvalue weighted by Gasteiger charge is -2.18. The van der Waals surface area contributed by atoms with Gasteiger partial charge in [0.2, 0.25) is 0 Å². The van der Waals surface area contributed by atoms with Crippen molar-refractivity contribution in [1.82, 2.24) is 0 Å². The van der Waals surface area contributed by atoms with Crippen molar-refractivity contribution in [2.24, 2.45) is 0 Å². The number of rotatable bonds is 33. The van der Waals surface area contributed by atoms with Gasteiger partial charge in [-0.15, -0.1) is 0 Å². The lowest BCUT2D eigenvalue weighted by molar-refractivity contribution is -0.163. The molecule has 1 atom stereocenters. The Bertz CT molecular complexity index is 603. The molecule has 0 aromatic rings. The Kier molecular flexibility index (Phi) is 33.0. The van der Waals surface area contributed by atoms with Crippen LogP contribution in [0, 0.1) is 0 Å². The van der Waals surface area contributed by atoms with Crippen molar-refractivity contribution in [1.29, 1.82) is 0 Å². The van der Waals surface area contributed by atoms with E-state index in [4.69, 9.17) is 14.2 Å². The number of esters is 2. The Morgan fingerprint density at radius 1 is 0.500 bits per heavy atom. The molecule has 0 radical (unpaired) electrons. The van der Waals surface area contributed by atoms with E-state index in [1.54, 1.807) is 0 Å². The average Bonchev–Trinajstić information content (AvgIpc) is 2.99. The molecular weight excluding hydrogens is 524 g/mol. The second-order valence-electron chi connectivity index (χ2n) is 12.1. The number of carbonyl (C=O) groups is 2. The van der Waals surface area contributed by atoms with E-state index in [-0.39, 0.29) is 18.5 Å². The van der Waals surface area contributed by atoms with Crippen LogP contribution < -0.4 is 0 Å². The molecule has 0 N–H and O–H groups in total. The second kappa shape index (κ2) is 34.1. The van der Waals surface area contributed by atoms with E-state index < -0.39 is 6.10 Å². The maximum absolute atomic E-state index is 12.5. The molecule has 5 nitrogen and oxygen atoms in total. The number of unbranched alkanes of at least 4 members (excludes halogenated alkanes) is 20. The lowest BCUT2D eigenvalue weighted by Crippen LogP contribution is -2.30. The fourth-order valence-corrected chi connectivity index (χ4v) is 5.02. The van der Waals surface area contributed by atoms with Crippen LogP contribution >= 0.6 is 0 Å². The van der Waals surface area contributed by atoms with Crippen LogP contribution in [0.2, 0.25) is 0 Å². The summed E-state index contributed by atoms with van der Waals surface area (Å²) in [7, 11) is 0. The van der Waals surface area contributed by atoms with Gasteiger partial charge in [0.15, 0.2) is 6.10 Å². The molecule has 0 aliphatic carbocycles. The molecule has 0 bridgehead atoms. The van der Waals surface area contributed by atoms with Crippen LogP contribution in [-0.2, 0) is 23.8 Å². The molecular formula is C37H70O5. The number of hydrogen-bond donors (Lipinski definition) is 0. The van der Waals surface area contributed by atoms with Crippen molar-refractivity contribution in [3.8, 4) is 0 Å². The zero-order valence-corrected chi connectivity index (χ0v) is 28.3. The summed E-state index contributed by atoms with van der Waals surface area (Å²) < 4.78 is 17.0. The van der Waals surface area contributed by atoms with Gasteiger partial charge < -0.3 is 14.2 Å². The molecule has 42 heavy (non-hydrogen) atoms. The summed E-state index contributed by atoms with van der Waals surface area (Å²) in [6, 6.07) is 0. The predicted octanol–water partition coefficient (Wildman–Crippen LogP) is 11.2. The van der Waals surface area contributed by atoms with Crippen molar-refractivity contribution in [3.05, 3.63) is 12.2 Å². The summed E-state index contributed by atoms with van der Waals surface area (Å²) in [5.41, 5.74) is 0. The van der Waals surface area contributed by atoms with Gasteiger partial charge in [0.1, 0.15) is 6.61 Å². The minimum atomic E-state index is -0.523. The molecule has 0 saturated carbocycles. The molecule has 0 rings (SSSR count). The molecule has 0 aliphatic rings. The van der Waals surface area contributed by atoms with Gasteiger partial charge in [0, 0.05) is 19.4 Å². The molecule has 248 valence electrons. The zero-order valence-electron chi connectivity index (χ0n) is 28.3. The zero-order chi connectivity index (χ0) is 30.8. The highest BCUT2D eigenvalue weighted by atomic mass is 16.6. The second-order valence-corrected chi connectivity index (χ2v) is 12.1. The van der Waals surface area contributed by atoms with Crippen molar-refractivity contribution in [2.45, 2.75) is 194 Å². The molecule has 0 aliphatic heterocycles. The Hall–Kier alpha value is -1.36. The van der Waals surface area contributed by atoms with Crippen molar-refractivity contribution < 1.29 is 23.8 Å². The first-order chi connectivity index (χ1) is 20.6. The summed E-state index contributed by atoms with van der Waals surface area (Å²) in [5, 5.41) is 0. The van der Waals surface area contributed by atoms with Crippen molar-refractivity contribution in [2.75, 3.05) is 19.8 Å². The minimum Gasteiger partial charge on any atom is -0.462 e. The van der Waals surface area contributed by atoms with Crippen molar-refractivity contribution >= 4 is 11.9 Å². The summed E-state index contributed by atoms with van der Waals surface area (Å²) >= 11 is 0. The Balaban J connectivity index is 4.18. The Morgan fingerprint density at radius 2 is 0.952 bits per heavy atom. The summed E-state index contributed by atoms with van der Waals surface area (Å²) in [6.07, 6.45) is 33.5. The van der Waals surface area contributed by atoms with E-state index in [1.807, 2.05) is 0 Å². The highest BCUT2D eigenvalue weighted by Crippen LogP contribution is 2.13. The van der Waals surface area contributed by atoms with Crippen LogP contribution in [0.15, 0.2) is 12.2 Å². The van der Waals surface area contributed by atoms with E-state index >= 15 is 0 Å². The van der Waals surface area contributed by atoms with Gasteiger partial charge in [-0.3, -0.25) is 9.59 Å². The fraction of sp³-hybridized carbons (Fsp3) is 0.892. The highest BCUT2D eigenvalue weighted by Gasteiger charge is 2.17. The third-order valence-electron chi connectivity index (χ3n) is 7.80. The van der Waals surface area contributed by atoms with Gasteiger partial charge >= 0.3 is 11.9 Å². The molecule has 1 unspecified atom stereocenters. The first-order valence-corrected chi connectivity index (χ1v) is 18.2. The first kappa shape index (κ1) is 40.6. The fourth-order valence-electron chi connectivity index (χ4n) is 5.02. The first-order valence-electron chi connectivity index (χ1n) is 18.2. The lowest BCUT2D eigenvalue weighted by atomic mass is 10.1. The summed E-state index contributed by atoms with van der Waals surface area (Å²) in [5.74, 6) is -0.410. The van der Waals surface area contributed by atoms with Crippen LogP contribution in [0.4, 0.5) is 0 Å². The maximum Gasteiger partial charge on any atom is 0.306 e. The summed E-state index contributed by atoms with van der Waals surface area (Å²) in [4.78, 5) is 24.8. The van der Waals surface area contributed by atoms with Crippen LogP contribution in [-0.4, -0.2) is 37.9 Å². The maximum atomic E-state index is 12.5. The number of ether oxygens (including phenoxy) is 3. The highest BCUT2D eigenvalue weighted by molar-refractivity contribution is 5.70. The molecule has 0 saturated heterocycles. The SMILES string of the molecule is CCCC/C=C\CCCCCCCC(=O)OCC(COCCCCCCCC)OC(=O)CCCCCCCCCCC. The van der Waals surface area contributed by atoms with E-state index in [0.29, 0.717) is 26.1 Å². The predicted molar refractivity (Wildman–Crippen MR) is 178 cm³/mol. The van der Waals surface area contributed by atoms with Gasteiger partial charge in [-0.25, -0.2) is 0 Å². The topological polar surface area (TPSA) is 61.8 Å². The van der Waals surface area contributed by atoms with Gasteiger partial charge in [-0.1, -0.05) is 148 Å². The van der Waals surface area contributed by atoms with E-state index in [0.717, 1.165) is 51.4 Å². The molecule has 0 amide bonds. The van der Waals surface area contributed by atoms with Crippen LogP contribution in [0.1, 0.15) is 188 Å². The van der Waals surface area contributed by atoms with E-state index in [2.05, 4.69) is 32.9 Å². The Labute approximate surface area is 261 Å². The van der Waals surface area contributed by atoms with E-state index in [1.165, 1.54) is 103 Å². The van der Waals surface area contributed by atoms with Crippen LogP contribution in [0.5, 0.6) is 0 Å². The van der Waals surface area contributed by atoms with Gasteiger partial charge in [-0.2, -0.15) is 0 Å². The van der Waals surface area contributed by atoms with Gasteiger partial charge in [-0.05, 0) is 38.5 Å². The molecule has 5 heteroatoms. The molecule has 0 aromatic carbocycles. The minimum absolute atomic E-state index is 0.0865. The smallest absolute Gasteiger partial charge is 0.306 e. The van der Waals surface area contributed by atoms with Crippen LogP contribution in [0.3, 0.4) is 0 Å². The standard InChI is InChI=1S/C37H70O5/c1-4-7-10-13-16-18-19-21-22-24-27-30-36(38)41-34-35(33-40-32-29-26-15-12-9-6-3)42-37(39)31-28-25-23-20-17-14-11-8-5-2/h13,16,35H,4-12,14-15,17-34H2,1-3H3/b16-13-. The number of hydrogen-bond acceptors (Lipinski definition) is 5. The quantitative estimate of drug-likeness (QED) is 0.0429. The molecule has 0 aromatic heterocycles. The monoisotopic (exact) mass is 595 g/mol. The summed E-state index contributed by atoms with van der Waals surface area (Å²) in [6.45, 7) is 7.72. The van der Waals surface area contributed by atoms with Gasteiger partial charge in [0.25, 0.3) is 0 Å². The molecule has 0 heterocycles. The largest absolute Gasteiger partial charge is 0.462 e.